The van der Waals surface area contributed by atoms with Gasteiger partial charge in [-0.1, -0.05) is 20.8 Å². The molecule has 204 valence electrons. The standard InChI is InChI=1S/C25H24F6N4O2S/c1-24(2,3)12-35-11-18(22(23(27)28)34-38(36,37)14-4-5-14)16-7-20(26)15(8-21(16)35)17-10-33-13(9-32)6-19(17)25(29,30)31/h6-8,10-11,14,22-23,34H,4-5,12H2,1-3H3/t22-/m0/s1. The Kier molecular flexibility index (Phi) is 7.03. The molecule has 13 heteroatoms. The molecule has 1 N–H and O–H groups in total. The highest BCUT2D eigenvalue weighted by atomic mass is 32.2. The summed E-state index contributed by atoms with van der Waals surface area (Å²) in [5.41, 5.74) is -3.39. The quantitative estimate of drug-likeness (QED) is 0.352. The number of aromatic nitrogens is 2. The summed E-state index contributed by atoms with van der Waals surface area (Å²) in [5, 5.41) is 8.14. The summed E-state index contributed by atoms with van der Waals surface area (Å²) in [6, 6.07) is 1.98. The molecule has 0 aliphatic heterocycles. The van der Waals surface area contributed by atoms with Crippen LogP contribution < -0.4 is 4.72 Å². The van der Waals surface area contributed by atoms with Crippen molar-refractivity contribution < 1.29 is 34.8 Å². The maximum Gasteiger partial charge on any atom is 0.417 e. The molecule has 1 atom stereocenters. The summed E-state index contributed by atoms with van der Waals surface area (Å²) in [4.78, 5) is 3.66. The molecule has 38 heavy (non-hydrogen) atoms. The minimum Gasteiger partial charge on any atom is -0.347 e. The monoisotopic (exact) mass is 558 g/mol. The van der Waals surface area contributed by atoms with Crippen molar-refractivity contribution in [2.45, 2.75) is 64.1 Å². The van der Waals surface area contributed by atoms with Gasteiger partial charge in [0.05, 0.1) is 10.8 Å². The van der Waals surface area contributed by atoms with Gasteiger partial charge in [-0.2, -0.15) is 18.4 Å². The maximum atomic E-state index is 15.4. The van der Waals surface area contributed by atoms with Crippen LogP contribution in [0.5, 0.6) is 0 Å². The van der Waals surface area contributed by atoms with E-state index in [1.807, 2.05) is 25.5 Å². The van der Waals surface area contributed by atoms with E-state index in [0.717, 1.165) is 18.3 Å². The van der Waals surface area contributed by atoms with Gasteiger partial charge in [-0.3, -0.25) is 0 Å². The SMILES string of the molecule is CC(C)(C)Cn1cc([C@H](NS(=O)(=O)C2CC2)C(F)F)c2cc(F)c(-c3cnc(C#N)cc3C(F)(F)F)cc21. The molecule has 3 aromatic rings. The molecule has 0 bridgehead atoms. The van der Waals surface area contributed by atoms with Crippen molar-refractivity contribution in [3.05, 3.63) is 53.2 Å². The van der Waals surface area contributed by atoms with Crippen molar-refractivity contribution in [3.63, 3.8) is 0 Å². The Morgan fingerprint density at radius 2 is 1.82 bits per heavy atom. The van der Waals surface area contributed by atoms with E-state index in [1.54, 1.807) is 0 Å². The lowest BCUT2D eigenvalue weighted by Crippen LogP contribution is -2.35. The molecule has 4 rings (SSSR count). The second-order valence-electron chi connectivity index (χ2n) is 10.5. The molecule has 2 aromatic heterocycles. The van der Waals surface area contributed by atoms with Gasteiger partial charge in [-0.25, -0.2) is 31.3 Å². The number of rotatable bonds is 7. The van der Waals surface area contributed by atoms with Crippen molar-refractivity contribution in [3.8, 4) is 17.2 Å². The van der Waals surface area contributed by atoms with Crippen LogP contribution in [-0.4, -0.2) is 29.6 Å². The first kappa shape index (κ1) is 27.9. The Labute approximate surface area is 215 Å². The Balaban J connectivity index is 1.96. The predicted molar refractivity (Wildman–Crippen MR) is 128 cm³/mol. The molecule has 1 saturated carbocycles. The van der Waals surface area contributed by atoms with Gasteiger partial charge in [0.1, 0.15) is 23.6 Å². The lowest BCUT2D eigenvalue weighted by molar-refractivity contribution is -0.137. The van der Waals surface area contributed by atoms with Crippen LogP contribution in [0.4, 0.5) is 26.3 Å². The van der Waals surface area contributed by atoms with Gasteiger partial charge in [-0.05, 0) is 36.5 Å². The number of halogens is 6. The van der Waals surface area contributed by atoms with Gasteiger partial charge in [0.15, 0.2) is 0 Å². The van der Waals surface area contributed by atoms with E-state index in [1.165, 1.54) is 16.8 Å². The molecule has 0 spiro atoms. The zero-order chi connectivity index (χ0) is 28.2. The number of sulfonamides is 1. The van der Waals surface area contributed by atoms with Crippen molar-refractivity contribution in [2.75, 3.05) is 0 Å². The summed E-state index contributed by atoms with van der Waals surface area (Å²) in [7, 11) is -4.06. The molecular formula is C25H24F6N4O2S. The van der Waals surface area contributed by atoms with Crippen LogP contribution in [0.2, 0.25) is 0 Å². The van der Waals surface area contributed by atoms with Gasteiger partial charge in [0.25, 0.3) is 6.43 Å². The number of nitriles is 1. The zero-order valence-electron chi connectivity index (χ0n) is 20.6. The minimum absolute atomic E-state index is 0.0607. The Morgan fingerprint density at radius 1 is 1.16 bits per heavy atom. The number of hydrogen-bond donors (Lipinski definition) is 1. The van der Waals surface area contributed by atoms with E-state index >= 15 is 4.39 Å². The third-order valence-corrected chi connectivity index (χ3v) is 8.03. The van der Waals surface area contributed by atoms with Crippen molar-refractivity contribution in [2.24, 2.45) is 5.41 Å². The highest BCUT2D eigenvalue weighted by molar-refractivity contribution is 7.90. The fraction of sp³-hybridized carbons (Fsp3) is 0.440. The molecule has 2 heterocycles. The van der Waals surface area contributed by atoms with E-state index in [-0.39, 0.29) is 23.0 Å². The molecule has 1 aromatic carbocycles. The lowest BCUT2D eigenvalue weighted by Gasteiger charge is -2.20. The number of hydrogen-bond acceptors (Lipinski definition) is 4. The largest absolute Gasteiger partial charge is 0.417 e. The summed E-state index contributed by atoms with van der Waals surface area (Å²) in [6.07, 6.45) is -5.40. The first-order valence-electron chi connectivity index (χ1n) is 11.6. The Bertz CT molecular complexity index is 1530. The van der Waals surface area contributed by atoms with Crippen LogP contribution in [0.25, 0.3) is 22.0 Å². The van der Waals surface area contributed by atoms with Crippen LogP contribution in [0.15, 0.2) is 30.6 Å². The van der Waals surface area contributed by atoms with Crippen LogP contribution in [0, 0.1) is 22.6 Å². The van der Waals surface area contributed by atoms with E-state index in [0.29, 0.717) is 18.9 Å². The molecule has 1 aliphatic rings. The first-order chi connectivity index (χ1) is 17.5. The Morgan fingerprint density at radius 3 is 2.34 bits per heavy atom. The number of alkyl halides is 5. The van der Waals surface area contributed by atoms with Gasteiger partial charge in [0, 0.05) is 46.5 Å². The average molecular weight is 559 g/mol. The van der Waals surface area contributed by atoms with Crippen molar-refractivity contribution >= 4 is 20.9 Å². The van der Waals surface area contributed by atoms with Crippen LogP contribution >= 0.6 is 0 Å². The van der Waals surface area contributed by atoms with E-state index in [4.69, 9.17) is 5.26 Å². The molecule has 0 radical (unpaired) electrons. The van der Waals surface area contributed by atoms with Gasteiger partial charge in [0.2, 0.25) is 10.0 Å². The molecule has 6 nitrogen and oxygen atoms in total. The number of nitrogens with zero attached hydrogens (tertiary/aromatic N) is 3. The van der Waals surface area contributed by atoms with Crippen molar-refractivity contribution in [1.82, 2.24) is 14.3 Å². The third-order valence-electron chi connectivity index (χ3n) is 6.10. The van der Waals surface area contributed by atoms with Gasteiger partial charge in [-0.15, -0.1) is 0 Å². The minimum atomic E-state index is -4.94. The number of pyridine rings is 1. The maximum absolute atomic E-state index is 15.4. The van der Waals surface area contributed by atoms with Crippen LogP contribution in [0.3, 0.4) is 0 Å². The van der Waals surface area contributed by atoms with E-state index in [2.05, 4.69) is 4.98 Å². The number of fused-ring (bicyclic) bond motifs is 1. The second-order valence-corrected chi connectivity index (χ2v) is 12.5. The molecule has 1 fully saturated rings. The van der Waals surface area contributed by atoms with E-state index in [9.17, 15) is 30.4 Å². The normalized spacial score (nSPS) is 15.7. The van der Waals surface area contributed by atoms with Crippen LogP contribution in [0.1, 0.15) is 56.5 Å². The fourth-order valence-corrected chi connectivity index (χ4v) is 5.83. The second kappa shape index (κ2) is 9.57. The molecular weight excluding hydrogens is 534 g/mol. The van der Waals surface area contributed by atoms with E-state index < -0.39 is 67.5 Å². The third kappa shape index (κ3) is 5.66. The Hall–Kier alpha value is -3.11. The van der Waals surface area contributed by atoms with Gasteiger partial charge < -0.3 is 4.57 Å². The summed E-state index contributed by atoms with van der Waals surface area (Å²) < 4.78 is 114. The molecule has 0 unspecified atom stereocenters. The van der Waals surface area contributed by atoms with Crippen LogP contribution in [-0.2, 0) is 22.7 Å². The predicted octanol–water partition coefficient (Wildman–Crippen LogP) is 6.17. The first-order valence-corrected chi connectivity index (χ1v) is 13.2. The summed E-state index contributed by atoms with van der Waals surface area (Å²) >= 11 is 0. The molecule has 1 aliphatic carbocycles. The molecule has 0 amide bonds. The smallest absolute Gasteiger partial charge is 0.347 e. The summed E-state index contributed by atoms with van der Waals surface area (Å²) in [6.45, 7) is 5.73. The highest BCUT2D eigenvalue weighted by Gasteiger charge is 2.40. The molecule has 0 saturated heterocycles. The number of nitrogens with one attached hydrogen (secondary N) is 1. The number of benzene rings is 1. The lowest BCUT2D eigenvalue weighted by atomic mass is 9.96. The fourth-order valence-electron chi connectivity index (χ4n) is 4.30. The highest BCUT2D eigenvalue weighted by Crippen LogP contribution is 2.41. The summed E-state index contributed by atoms with van der Waals surface area (Å²) in [5.74, 6) is -1.15. The topological polar surface area (TPSA) is 87.8 Å². The van der Waals surface area contributed by atoms with Crippen molar-refractivity contribution in [1.29, 1.82) is 5.26 Å². The zero-order valence-corrected chi connectivity index (χ0v) is 21.4. The van der Waals surface area contributed by atoms with Gasteiger partial charge >= 0.3 is 6.18 Å². The average Bonchev–Trinajstić information content (AvgIpc) is 3.60.